The van der Waals surface area contributed by atoms with Gasteiger partial charge in [-0.2, -0.15) is 0 Å². The summed E-state index contributed by atoms with van der Waals surface area (Å²) in [7, 11) is -1.75. The fraction of sp³-hybridized carbons (Fsp3) is 0.684. The lowest BCUT2D eigenvalue weighted by Crippen LogP contribution is -2.48. The first kappa shape index (κ1) is 19.0. The van der Waals surface area contributed by atoms with Crippen LogP contribution in [0.2, 0.25) is 16.6 Å². The summed E-state index contributed by atoms with van der Waals surface area (Å²) in [6, 6.07) is 10.6. The quantitative estimate of drug-likeness (QED) is 0.321. The molecule has 130 valence electrons. The molecule has 0 bridgehead atoms. The van der Waals surface area contributed by atoms with Crippen molar-refractivity contribution < 1.29 is 9.16 Å². The zero-order valence-electron chi connectivity index (χ0n) is 15.4. The van der Waals surface area contributed by atoms with Gasteiger partial charge >= 0.3 is 0 Å². The van der Waals surface area contributed by atoms with Gasteiger partial charge in [0.25, 0.3) is 0 Å². The van der Waals surface area contributed by atoms with Crippen LogP contribution in [0, 0.1) is 0 Å². The first-order valence-electron chi connectivity index (χ1n) is 8.85. The third-order valence-electron chi connectivity index (χ3n) is 5.05. The largest absolute Gasteiger partial charge is 0.413 e. The smallest absolute Gasteiger partial charge is 0.200 e. The van der Waals surface area contributed by atoms with Crippen LogP contribution in [0.1, 0.15) is 41.5 Å². The third-order valence-corrected chi connectivity index (χ3v) is 12.2. The Balaban J connectivity index is 1.82. The van der Waals surface area contributed by atoms with Gasteiger partial charge in [0.05, 0.1) is 12.7 Å². The van der Waals surface area contributed by atoms with Crippen molar-refractivity contribution >= 4 is 20.1 Å². The van der Waals surface area contributed by atoms with Gasteiger partial charge in [0.1, 0.15) is 6.10 Å². The molecule has 0 radical (unpaired) electrons. The van der Waals surface area contributed by atoms with Crippen molar-refractivity contribution in [2.45, 2.75) is 75.3 Å². The van der Waals surface area contributed by atoms with Crippen LogP contribution >= 0.6 is 11.8 Å². The summed E-state index contributed by atoms with van der Waals surface area (Å²) in [4.78, 5) is 1.32. The number of thioether (sulfide) groups is 1. The van der Waals surface area contributed by atoms with Crippen LogP contribution in [-0.2, 0) is 9.16 Å². The Labute approximate surface area is 147 Å². The molecule has 1 aliphatic rings. The highest BCUT2D eigenvalue weighted by atomic mass is 32.2. The SMILES string of the molecule is CC(C)[Si](OCC1OC1CSc1ccccc1)(C(C)C)C(C)C. The van der Waals surface area contributed by atoms with E-state index in [0.717, 1.165) is 12.4 Å². The molecule has 23 heavy (non-hydrogen) atoms. The number of epoxide rings is 1. The molecule has 0 saturated carbocycles. The molecule has 1 heterocycles. The summed E-state index contributed by atoms with van der Waals surface area (Å²) in [6.45, 7) is 14.8. The Morgan fingerprint density at radius 2 is 1.52 bits per heavy atom. The van der Waals surface area contributed by atoms with E-state index in [0.29, 0.717) is 28.8 Å². The van der Waals surface area contributed by atoms with Gasteiger partial charge in [0.15, 0.2) is 8.32 Å². The van der Waals surface area contributed by atoms with Crippen molar-refractivity contribution in [3.63, 3.8) is 0 Å². The normalized spacial score (nSPS) is 21.4. The standard InChI is InChI=1S/C19H32O2SSi/c1-14(2)23(15(3)4,16(5)6)20-12-18-19(21-18)13-22-17-10-8-7-9-11-17/h7-11,14-16,18-19H,12-13H2,1-6H3. The molecule has 1 aromatic carbocycles. The molecule has 2 nitrogen and oxygen atoms in total. The first-order chi connectivity index (χ1) is 10.9. The number of rotatable bonds is 9. The molecule has 2 unspecified atom stereocenters. The van der Waals surface area contributed by atoms with Crippen LogP contribution in [-0.4, -0.2) is 32.9 Å². The fourth-order valence-electron chi connectivity index (χ4n) is 3.89. The zero-order chi connectivity index (χ0) is 17.0. The molecule has 2 atom stereocenters. The van der Waals surface area contributed by atoms with Crippen LogP contribution in [0.25, 0.3) is 0 Å². The maximum Gasteiger partial charge on any atom is 0.200 e. The number of hydrogen-bond donors (Lipinski definition) is 0. The number of hydrogen-bond acceptors (Lipinski definition) is 3. The van der Waals surface area contributed by atoms with Gasteiger partial charge in [0.2, 0.25) is 0 Å². The lowest BCUT2D eigenvalue weighted by molar-refractivity contribution is 0.235. The minimum absolute atomic E-state index is 0.300. The van der Waals surface area contributed by atoms with Crippen LogP contribution in [0.15, 0.2) is 35.2 Å². The van der Waals surface area contributed by atoms with E-state index < -0.39 is 8.32 Å². The van der Waals surface area contributed by atoms with Gasteiger partial charge in [-0.15, -0.1) is 11.8 Å². The molecule has 0 amide bonds. The summed E-state index contributed by atoms with van der Waals surface area (Å²) < 4.78 is 12.5. The molecular formula is C19H32O2SSi. The fourth-order valence-corrected chi connectivity index (χ4v) is 10.3. The Morgan fingerprint density at radius 3 is 2.04 bits per heavy atom. The van der Waals surface area contributed by atoms with E-state index in [1.807, 2.05) is 11.8 Å². The number of ether oxygens (including phenoxy) is 1. The second-order valence-corrected chi connectivity index (χ2v) is 14.0. The Kier molecular flexibility index (Phi) is 6.78. The van der Waals surface area contributed by atoms with E-state index in [1.54, 1.807) is 0 Å². The topological polar surface area (TPSA) is 21.8 Å². The molecule has 0 spiro atoms. The van der Waals surface area contributed by atoms with E-state index in [9.17, 15) is 0 Å². The monoisotopic (exact) mass is 352 g/mol. The van der Waals surface area contributed by atoms with E-state index >= 15 is 0 Å². The highest BCUT2D eigenvalue weighted by Gasteiger charge is 2.48. The van der Waals surface area contributed by atoms with Crippen LogP contribution in [0.5, 0.6) is 0 Å². The van der Waals surface area contributed by atoms with E-state index in [2.05, 4.69) is 71.9 Å². The molecule has 1 saturated heterocycles. The molecule has 1 fully saturated rings. The highest BCUT2D eigenvalue weighted by molar-refractivity contribution is 7.99. The average Bonchev–Trinajstić information content (AvgIpc) is 3.24. The lowest BCUT2D eigenvalue weighted by atomic mass is 10.4. The second kappa shape index (κ2) is 8.19. The molecular weight excluding hydrogens is 320 g/mol. The summed E-state index contributed by atoms with van der Waals surface area (Å²) in [5.74, 6) is 1.03. The molecule has 0 aliphatic carbocycles. The molecule has 2 rings (SSSR count). The highest BCUT2D eigenvalue weighted by Crippen LogP contribution is 2.43. The van der Waals surface area contributed by atoms with Crippen molar-refractivity contribution in [3.8, 4) is 0 Å². The average molecular weight is 353 g/mol. The van der Waals surface area contributed by atoms with Crippen molar-refractivity contribution in [2.75, 3.05) is 12.4 Å². The minimum Gasteiger partial charge on any atom is -0.413 e. The second-order valence-electron chi connectivity index (χ2n) is 7.47. The van der Waals surface area contributed by atoms with Crippen LogP contribution < -0.4 is 0 Å². The van der Waals surface area contributed by atoms with Gasteiger partial charge in [0, 0.05) is 10.6 Å². The summed E-state index contributed by atoms with van der Waals surface area (Å²) in [6.07, 6.45) is 0.660. The van der Waals surface area contributed by atoms with Crippen LogP contribution in [0.4, 0.5) is 0 Å². The van der Waals surface area contributed by atoms with Crippen molar-refractivity contribution in [2.24, 2.45) is 0 Å². The van der Waals surface area contributed by atoms with Crippen molar-refractivity contribution in [1.82, 2.24) is 0 Å². The van der Waals surface area contributed by atoms with Gasteiger partial charge in [-0.05, 0) is 28.8 Å². The maximum absolute atomic E-state index is 6.62. The van der Waals surface area contributed by atoms with Gasteiger partial charge in [-0.3, -0.25) is 0 Å². The third kappa shape index (κ3) is 4.62. The van der Waals surface area contributed by atoms with E-state index in [-0.39, 0.29) is 0 Å². The van der Waals surface area contributed by atoms with E-state index in [4.69, 9.17) is 9.16 Å². The molecule has 1 aromatic rings. The van der Waals surface area contributed by atoms with Crippen molar-refractivity contribution in [1.29, 1.82) is 0 Å². The molecule has 1 aliphatic heterocycles. The Morgan fingerprint density at radius 1 is 0.957 bits per heavy atom. The van der Waals surface area contributed by atoms with E-state index in [1.165, 1.54) is 4.90 Å². The maximum atomic E-state index is 6.62. The van der Waals surface area contributed by atoms with Crippen molar-refractivity contribution in [3.05, 3.63) is 30.3 Å². The molecule has 0 N–H and O–H groups in total. The summed E-state index contributed by atoms with van der Waals surface area (Å²) in [5, 5.41) is 0. The van der Waals surface area contributed by atoms with Crippen LogP contribution in [0.3, 0.4) is 0 Å². The first-order valence-corrected chi connectivity index (χ1v) is 12.0. The lowest BCUT2D eigenvalue weighted by Gasteiger charge is -2.42. The molecule has 4 heteroatoms. The number of benzene rings is 1. The zero-order valence-corrected chi connectivity index (χ0v) is 17.2. The minimum atomic E-state index is -1.75. The predicted molar refractivity (Wildman–Crippen MR) is 103 cm³/mol. The predicted octanol–water partition coefficient (Wildman–Crippen LogP) is 5.74. The Hall–Kier alpha value is -0.293. The van der Waals surface area contributed by atoms with Gasteiger partial charge < -0.3 is 9.16 Å². The molecule has 0 aromatic heterocycles. The summed E-state index contributed by atoms with van der Waals surface area (Å²) >= 11 is 1.88. The van der Waals surface area contributed by atoms with Gasteiger partial charge in [-0.25, -0.2) is 0 Å². The Bertz CT molecular complexity index is 454. The van der Waals surface area contributed by atoms with Gasteiger partial charge in [-0.1, -0.05) is 59.7 Å². The summed E-state index contributed by atoms with van der Waals surface area (Å²) in [5.41, 5.74) is 1.91.